The zero-order valence-electron chi connectivity index (χ0n) is 18.8. The largest absolute Gasteiger partial charge is 0.465 e. The Morgan fingerprint density at radius 1 is 1.03 bits per heavy atom. The van der Waals surface area contributed by atoms with Crippen LogP contribution in [0.3, 0.4) is 0 Å². The molecule has 2 N–H and O–H groups in total. The minimum absolute atomic E-state index is 0.0710. The number of ketones is 1. The first kappa shape index (κ1) is 25.6. The summed E-state index contributed by atoms with van der Waals surface area (Å²) < 4.78 is 0.894. The first-order chi connectivity index (χ1) is 15.1. The molecular weight excluding hydrogens is 472 g/mol. The summed E-state index contributed by atoms with van der Waals surface area (Å²) in [6.07, 6.45) is 0.216. The molecule has 32 heavy (non-hydrogen) atoms. The molecule has 6 nitrogen and oxygen atoms in total. The lowest BCUT2D eigenvalue weighted by Crippen LogP contribution is -2.51. The standard InChI is InChI=1S/C25H31BrN2O4/c1-4-25(2,3)15-21(29)16-27-23(30)22(14-18-10-12-20(26)13-11-18)28(24(31)32)17-19-8-6-5-7-9-19/h5-13,22H,4,14-17H2,1-3H3,(H,27,30)(H,31,32). The van der Waals surface area contributed by atoms with Gasteiger partial charge < -0.3 is 10.4 Å². The van der Waals surface area contributed by atoms with E-state index in [0.29, 0.717) is 6.42 Å². The van der Waals surface area contributed by atoms with Gasteiger partial charge in [-0.05, 0) is 28.7 Å². The van der Waals surface area contributed by atoms with Crippen LogP contribution in [0.15, 0.2) is 59.1 Å². The first-order valence-corrected chi connectivity index (χ1v) is 11.5. The molecular formula is C25H31BrN2O4. The molecule has 2 aromatic rings. The molecule has 0 saturated heterocycles. The first-order valence-electron chi connectivity index (χ1n) is 10.7. The number of carbonyl (C=O) groups is 3. The van der Waals surface area contributed by atoms with Crippen molar-refractivity contribution in [2.75, 3.05) is 6.54 Å². The van der Waals surface area contributed by atoms with Crippen LogP contribution in [-0.2, 0) is 22.6 Å². The maximum atomic E-state index is 13.1. The average Bonchev–Trinajstić information content (AvgIpc) is 2.76. The van der Waals surface area contributed by atoms with Crippen molar-refractivity contribution in [1.82, 2.24) is 10.2 Å². The Balaban J connectivity index is 2.21. The number of hydrogen-bond acceptors (Lipinski definition) is 3. The van der Waals surface area contributed by atoms with Crippen LogP contribution >= 0.6 is 15.9 Å². The highest BCUT2D eigenvalue weighted by Crippen LogP contribution is 2.24. The Kier molecular flexibility index (Phi) is 9.44. The smallest absolute Gasteiger partial charge is 0.408 e. The monoisotopic (exact) mass is 502 g/mol. The third kappa shape index (κ3) is 8.11. The molecule has 7 heteroatoms. The van der Waals surface area contributed by atoms with Gasteiger partial charge in [0.1, 0.15) is 6.04 Å². The van der Waals surface area contributed by atoms with E-state index in [1.54, 1.807) is 0 Å². The number of carbonyl (C=O) groups excluding carboxylic acids is 2. The van der Waals surface area contributed by atoms with Crippen molar-refractivity contribution in [3.05, 3.63) is 70.2 Å². The summed E-state index contributed by atoms with van der Waals surface area (Å²) >= 11 is 3.39. The van der Waals surface area contributed by atoms with E-state index in [4.69, 9.17) is 0 Å². The van der Waals surface area contributed by atoms with Gasteiger partial charge in [-0.3, -0.25) is 14.5 Å². The van der Waals surface area contributed by atoms with Gasteiger partial charge in [-0.25, -0.2) is 4.79 Å². The Bertz CT molecular complexity index is 913. The molecule has 1 atom stereocenters. The van der Waals surface area contributed by atoms with Crippen molar-refractivity contribution in [2.24, 2.45) is 5.41 Å². The summed E-state index contributed by atoms with van der Waals surface area (Å²) in [4.78, 5) is 38.8. The zero-order valence-corrected chi connectivity index (χ0v) is 20.4. The summed E-state index contributed by atoms with van der Waals surface area (Å²) in [5.41, 5.74) is 1.47. The molecule has 0 radical (unpaired) electrons. The maximum Gasteiger partial charge on any atom is 0.408 e. The average molecular weight is 503 g/mol. The van der Waals surface area contributed by atoms with Crippen LogP contribution in [-0.4, -0.2) is 40.4 Å². The molecule has 2 amide bonds. The number of amides is 2. The number of hydrogen-bond donors (Lipinski definition) is 2. The molecule has 0 saturated carbocycles. The highest BCUT2D eigenvalue weighted by molar-refractivity contribution is 9.10. The van der Waals surface area contributed by atoms with Gasteiger partial charge >= 0.3 is 6.09 Å². The number of carboxylic acid groups (broad SMARTS) is 1. The fourth-order valence-electron chi connectivity index (χ4n) is 3.30. The predicted molar refractivity (Wildman–Crippen MR) is 128 cm³/mol. The van der Waals surface area contributed by atoms with Crippen molar-refractivity contribution in [3.8, 4) is 0 Å². The van der Waals surface area contributed by atoms with E-state index in [2.05, 4.69) is 21.2 Å². The van der Waals surface area contributed by atoms with Crippen LogP contribution in [0.5, 0.6) is 0 Å². The summed E-state index contributed by atoms with van der Waals surface area (Å²) in [7, 11) is 0. The quantitative estimate of drug-likeness (QED) is 0.449. The molecule has 0 aliphatic heterocycles. The fraction of sp³-hybridized carbons (Fsp3) is 0.400. The van der Waals surface area contributed by atoms with Gasteiger partial charge in [0.25, 0.3) is 0 Å². The number of rotatable bonds is 11. The van der Waals surface area contributed by atoms with Gasteiger partial charge in [0.15, 0.2) is 5.78 Å². The van der Waals surface area contributed by atoms with Crippen molar-refractivity contribution >= 4 is 33.7 Å². The molecule has 0 heterocycles. The third-order valence-electron chi connectivity index (χ3n) is 5.56. The van der Waals surface area contributed by atoms with E-state index in [0.717, 1.165) is 26.9 Å². The Labute approximate surface area is 198 Å². The predicted octanol–water partition coefficient (Wildman–Crippen LogP) is 5.05. The molecule has 0 bridgehead atoms. The van der Waals surface area contributed by atoms with E-state index in [9.17, 15) is 19.5 Å². The van der Waals surface area contributed by atoms with Crippen molar-refractivity contribution < 1.29 is 19.5 Å². The van der Waals surface area contributed by atoms with Gasteiger partial charge in [0.2, 0.25) is 5.91 Å². The van der Waals surface area contributed by atoms with Gasteiger partial charge in [-0.15, -0.1) is 0 Å². The van der Waals surface area contributed by atoms with Crippen LogP contribution in [0.2, 0.25) is 0 Å². The van der Waals surface area contributed by atoms with Crippen molar-refractivity contribution in [3.63, 3.8) is 0 Å². The second-order valence-corrected chi connectivity index (χ2v) is 9.61. The Morgan fingerprint density at radius 2 is 1.66 bits per heavy atom. The van der Waals surface area contributed by atoms with E-state index < -0.39 is 18.0 Å². The minimum Gasteiger partial charge on any atom is -0.465 e. The lowest BCUT2D eigenvalue weighted by Gasteiger charge is -2.29. The normalized spacial score (nSPS) is 12.1. The topological polar surface area (TPSA) is 86.7 Å². The lowest BCUT2D eigenvalue weighted by molar-refractivity contribution is -0.129. The third-order valence-corrected chi connectivity index (χ3v) is 6.08. The van der Waals surface area contributed by atoms with Crippen LogP contribution in [0, 0.1) is 5.41 Å². The molecule has 0 fully saturated rings. The van der Waals surface area contributed by atoms with E-state index >= 15 is 0 Å². The van der Waals surface area contributed by atoms with Crippen molar-refractivity contribution in [1.29, 1.82) is 0 Å². The van der Waals surface area contributed by atoms with E-state index in [1.165, 1.54) is 0 Å². The minimum atomic E-state index is -1.19. The number of Topliss-reactive ketones (excluding diaryl/α,β-unsaturated/α-hetero) is 1. The summed E-state index contributed by atoms with van der Waals surface area (Å²) in [5.74, 6) is -0.550. The summed E-state index contributed by atoms with van der Waals surface area (Å²) in [6, 6.07) is 15.6. The molecule has 0 aromatic heterocycles. The SMILES string of the molecule is CCC(C)(C)CC(=O)CNC(=O)C(Cc1ccc(Br)cc1)N(Cc1ccccc1)C(=O)O. The summed E-state index contributed by atoms with van der Waals surface area (Å²) in [5, 5.41) is 12.6. The zero-order chi connectivity index (χ0) is 23.7. The van der Waals surface area contributed by atoms with Gasteiger partial charge in [0, 0.05) is 23.9 Å². The molecule has 1 unspecified atom stereocenters. The number of nitrogens with one attached hydrogen (secondary N) is 1. The number of benzene rings is 2. The van der Waals surface area contributed by atoms with Crippen LogP contribution in [0.4, 0.5) is 4.79 Å². The second kappa shape index (κ2) is 11.8. The molecule has 0 aliphatic rings. The van der Waals surface area contributed by atoms with Gasteiger partial charge in [0.05, 0.1) is 6.54 Å². The fourth-order valence-corrected chi connectivity index (χ4v) is 3.57. The Hall–Kier alpha value is -2.67. The second-order valence-electron chi connectivity index (χ2n) is 8.69. The van der Waals surface area contributed by atoms with Gasteiger partial charge in [-0.1, -0.05) is 85.6 Å². The molecule has 172 valence electrons. The molecule has 2 rings (SSSR count). The molecule has 2 aromatic carbocycles. The van der Waals surface area contributed by atoms with E-state index in [-0.39, 0.29) is 30.7 Å². The number of nitrogens with zero attached hydrogens (tertiary/aromatic N) is 1. The van der Waals surface area contributed by atoms with Crippen LogP contribution in [0.1, 0.15) is 44.7 Å². The number of halogens is 1. The molecule has 0 aliphatic carbocycles. The summed E-state index contributed by atoms with van der Waals surface area (Å²) in [6.45, 7) is 6.00. The highest BCUT2D eigenvalue weighted by Gasteiger charge is 2.31. The maximum absolute atomic E-state index is 13.1. The molecule has 0 spiro atoms. The van der Waals surface area contributed by atoms with Crippen LogP contribution < -0.4 is 5.32 Å². The highest BCUT2D eigenvalue weighted by atomic mass is 79.9. The lowest BCUT2D eigenvalue weighted by atomic mass is 9.85. The van der Waals surface area contributed by atoms with E-state index in [1.807, 2.05) is 75.4 Å². The van der Waals surface area contributed by atoms with Crippen LogP contribution in [0.25, 0.3) is 0 Å². The van der Waals surface area contributed by atoms with Gasteiger partial charge in [-0.2, -0.15) is 0 Å². The Morgan fingerprint density at radius 3 is 2.22 bits per heavy atom. The van der Waals surface area contributed by atoms with Crippen molar-refractivity contribution in [2.45, 2.75) is 52.6 Å².